The molecule has 34 valence electrons. The van der Waals surface area contributed by atoms with Gasteiger partial charge < -0.3 is 0 Å². The molecule has 3 saturated heterocycles. The van der Waals surface area contributed by atoms with Gasteiger partial charge in [0.2, 0.25) is 0 Å². The van der Waals surface area contributed by atoms with Crippen molar-refractivity contribution < 1.29 is 0 Å². The van der Waals surface area contributed by atoms with Gasteiger partial charge in [-0.25, -0.2) is 0 Å². The molecule has 0 atom stereocenters. The molecule has 3 N–H and O–H groups in total. The molecule has 0 saturated carbocycles. The molecule has 3 aliphatic heterocycles. The molecule has 3 nitrogen and oxygen atoms in total. The van der Waals surface area contributed by atoms with Crippen molar-refractivity contribution in [2.24, 2.45) is 0 Å². The molecule has 3 heteroatoms. The van der Waals surface area contributed by atoms with Crippen molar-refractivity contribution in [1.82, 2.24) is 16.0 Å². The van der Waals surface area contributed by atoms with Gasteiger partial charge in [-0.05, 0) is 0 Å². The summed E-state index contributed by atoms with van der Waals surface area (Å²) < 4.78 is 0. The zero-order chi connectivity index (χ0) is 3.98. The molecule has 0 aromatic heterocycles. The number of rotatable bonds is 0. The van der Waals surface area contributed by atoms with Crippen molar-refractivity contribution in [2.45, 2.75) is 12.5 Å². The van der Waals surface area contributed by atoms with Crippen LogP contribution >= 0.6 is 0 Å². The van der Waals surface area contributed by atoms with E-state index >= 15 is 0 Å². The summed E-state index contributed by atoms with van der Waals surface area (Å²) in [5.74, 6) is 0. The monoisotopic (exact) mass is 85.1 g/mol. The molecule has 0 radical (unpaired) electrons. The highest BCUT2D eigenvalue weighted by Gasteiger charge is 2.33. The third-order valence-electron chi connectivity index (χ3n) is 1.26. The first-order valence-electron chi connectivity index (χ1n) is 2.21. The number of hydrogen-bond acceptors (Lipinski definition) is 3. The maximum absolute atomic E-state index is 3.19. The molecule has 0 unspecified atom stereocenters. The Hall–Kier alpha value is -0.120. The third-order valence-corrected chi connectivity index (χ3v) is 1.26. The minimum Gasteiger partial charge on any atom is -0.287 e. The Kier molecular flexibility index (Phi) is 0.371. The van der Waals surface area contributed by atoms with E-state index in [2.05, 4.69) is 16.0 Å². The van der Waals surface area contributed by atoms with Crippen LogP contribution in [0.5, 0.6) is 0 Å². The van der Waals surface area contributed by atoms with E-state index < -0.39 is 0 Å². The van der Waals surface area contributed by atoms with Crippen molar-refractivity contribution in [1.29, 1.82) is 0 Å². The molecular weight excluding hydrogens is 78.1 g/mol. The first-order valence-corrected chi connectivity index (χ1v) is 2.21. The Balaban J connectivity index is 2.16. The Morgan fingerprint density at radius 1 is 1.33 bits per heavy atom. The second kappa shape index (κ2) is 0.753. The lowest BCUT2D eigenvalue weighted by atomic mass is 10.5. The van der Waals surface area contributed by atoms with E-state index in [0.29, 0.717) is 12.5 Å². The summed E-state index contributed by atoms with van der Waals surface area (Å²) >= 11 is 0. The second-order valence-corrected chi connectivity index (χ2v) is 1.73. The van der Waals surface area contributed by atoms with Crippen LogP contribution in [0, 0.1) is 0 Å². The maximum atomic E-state index is 3.19. The molecule has 3 heterocycles. The van der Waals surface area contributed by atoms with Crippen molar-refractivity contribution >= 4 is 0 Å². The van der Waals surface area contributed by atoms with Crippen LogP contribution < -0.4 is 16.0 Å². The van der Waals surface area contributed by atoms with E-state index in [1.807, 2.05) is 0 Å². The van der Waals surface area contributed by atoms with Gasteiger partial charge in [0.25, 0.3) is 0 Å². The molecule has 6 heavy (non-hydrogen) atoms. The van der Waals surface area contributed by atoms with Gasteiger partial charge in [-0.15, -0.1) is 0 Å². The summed E-state index contributed by atoms with van der Waals surface area (Å²) in [6.45, 7) is 1.09. The van der Waals surface area contributed by atoms with Gasteiger partial charge in [-0.3, -0.25) is 16.0 Å². The zero-order valence-electron chi connectivity index (χ0n) is 3.36. The normalized spacial score (nSPS) is 52.0. The van der Waals surface area contributed by atoms with E-state index in [4.69, 9.17) is 0 Å². The molecule has 3 rings (SSSR count). The van der Waals surface area contributed by atoms with E-state index in [0.717, 1.165) is 6.54 Å². The molecule has 0 aromatic rings. The minimum atomic E-state index is 0.440. The maximum Gasteiger partial charge on any atom is 0.114 e. The van der Waals surface area contributed by atoms with Crippen LogP contribution in [0.25, 0.3) is 0 Å². The Labute approximate surface area is 36.1 Å². The lowest BCUT2D eigenvalue weighted by Gasteiger charge is -2.25. The average Bonchev–Trinajstić information content (AvgIpc) is 1.72. The number of fused-ring (bicyclic) bond motifs is 1. The topological polar surface area (TPSA) is 36.1 Å². The molecule has 2 bridgehead atoms. The third kappa shape index (κ3) is 0.194. The highest BCUT2D eigenvalue weighted by Crippen LogP contribution is 1.99. The molecule has 0 amide bonds. The van der Waals surface area contributed by atoms with Crippen LogP contribution in [0.1, 0.15) is 0 Å². The SMILES string of the molecule is C1NC2NC1N2. The highest BCUT2D eigenvalue weighted by molar-refractivity contribution is 4.91. The second-order valence-electron chi connectivity index (χ2n) is 1.73. The molecule has 3 fully saturated rings. The molecular formula is C3H7N3. The summed E-state index contributed by atoms with van der Waals surface area (Å²) in [7, 11) is 0. The first-order chi connectivity index (χ1) is 2.95. The van der Waals surface area contributed by atoms with Crippen LogP contribution in [0.4, 0.5) is 0 Å². The van der Waals surface area contributed by atoms with Crippen molar-refractivity contribution in [3.63, 3.8) is 0 Å². The fourth-order valence-corrected chi connectivity index (χ4v) is 0.874. The fraction of sp³-hybridized carbons (Fsp3) is 1.00. The van der Waals surface area contributed by atoms with Gasteiger partial charge in [0.1, 0.15) is 6.29 Å². The fourth-order valence-electron chi connectivity index (χ4n) is 0.874. The van der Waals surface area contributed by atoms with Crippen molar-refractivity contribution in [3.05, 3.63) is 0 Å². The van der Waals surface area contributed by atoms with Crippen LogP contribution in [-0.4, -0.2) is 19.0 Å². The number of hydrogen-bond donors (Lipinski definition) is 3. The molecule has 0 aromatic carbocycles. The van der Waals surface area contributed by atoms with Gasteiger partial charge in [-0.2, -0.15) is 0 Å². The summed E-state index contributed by atoms with van der Waals surface area (Å²) in [6, 6.07) is 0. The Morgan fingerprint density at radius 2 is 2.17 bits per heavy atom. The predicted octanol–water partition coefficient (Wildman–Crippen LogP) is -1.61. The van der Waals surface area contributed by atoms with E-state index in [-0.39, 0.29) is 0 Å². The number of nitrogens with one attached hydrogen (secondary N) is 3. The van der Waals surface area contributed by atoms with Gasteiger partial charge in [0.05, 0.1) is 6.17 Å². The van der Waals surface area contributed by atoms with Crippen LogP contribution in [0.15, 0.2) is 0 Å². The van der Waals surface area contributed by atoms with Gasteiger partial charge >= 0.3 is 0 Å². The van der Waals surface area contributed by atoms with Crippen LogP contribution in [0.2, 0.25) is 0 Å². The van der Waals surface area contributed by atoms with Gasteiger partial charge in [-0.1, -0.05) is 0 Å². The quantitative estimate of drug-likeness (QED) is 0.331. The zero-order valence-corrected chi connectivity index (χ0v) is 3.36. The smallest absolute Gasteiger partial charge is 0.114 e. The van der Waals surface area contributed by atoms with Gasteiger partial charge in [0, 0.05) is 6.54 Å². The molecule has 0 spiro atoms. The lowest BCUT2D eigenvalue weighted by molar-refractivity contribution is 0.287. The summed E-state index contributed by atoms with van der Waals surface area (Å²) in [6.07, 6.45) is 1.02. The standard InChI is InChI=1S/C3H7N3/c1-2-5-3(4-1)6-2/h2-6H,1H2. The first kappa shape index (κ1) is 2.96. The Morgan fingerprint density at radius 3 is 2.33 bits per heavy atom. The van der Waals surface area contributed by atoms with Gasteiger partial charge in [0.15, 0.2) is 0 Å². The van der Waals surface area contributed by atoms with Crippen LogP contribution in [-0.2, 0) is 0 Å². The van der Waals surface area contributed by atoms with Crippen molar-refractivity contribution in [3.8, 4) is 0 Å². The van der Waals surface area contributed by atoms with Crippen LogP contribution in [0.3, 0.4) is 0 Å². The van der Waals surface area contributed by atoms with E-state index in [1.54, 1.807) is 0 Å². The van der Waals surface area contributed by atoms with E-state index in [9.17, 15) is 0 Å². The minimum absolute atomic E-state index is 0.440. The highest BCUT2D eigenvalue weighted by atomic mass is 15.5. The molecule has 3 aliphatic rings. The average molecular weight is 85.1 g/mol. The summed E-state index contributed by atoms with van der Waals surface area (Å²) in [5.41, 5.74) is 0. The lowest BCUT2D eigenvalue weighted by Crippen LogP contribution is -2.62. The van der Waals surface area contributed by atoms with Crippen molar-refractivity contribution in [2.75, 3.05) is 6.54 Å². The summed E-state index contributed by atoms with van der Waals surface area (Å²) in [5, 5.41) is 9.56. The largest absolute Gasteiger partial charge is 0.287 e. The Bertz CT molecular complexity index is 52.9. The predicted molar refractivity (Wildman–Crippen MR) is 21.9 cm³/mol. The van der Waals surface area contributed by atoms with E-state index in [1.165, 1.54) is 0 Å². The molecule has 0 aliphatic carbocycles. The summed E-state index contributed by atoms with van der Waals surface area (Å²) in [4.78, 5) is 0.